The van der Waals surface area contributed by atoms with Gasteiger partial charge in [-0.2, -0.15) is 13.2 Å². The van der Waals surface area contributed by atoms with Crippen LogP contribution in [0.3, 0.4) is 0 Å². The van der Waals surface area contributed by atoms with E-state index in [1.54, 1.807) is 84.9 Å². The number of benzene rings is 5. The van der Waals surface area contributed by atoms with E-state index >= 15 is 0 Å². The third-order valence-corrected chi connectivity index (χ3v) is 8.26. The van der Waals surface area contributed by atoms with Gasteiger partial charge in [-0.3, -0.25) is 14.4 Å². The molecule has 0 saturated carbocycles. The fraction of sp³-hybridized carbons (Fsp3) is 0.0789. The first-order chi connectivity index (χ1) is 24.0. The largest absolute Gasteiger partial charge is 0.489 e. The molecule has 5 aromatic carbocycles. The number of rotatable bonds is 12. The molecule has 0 spiro atoms. The van der Waals surface area contributed by atoms with Crippen molar-refractivity contribution < 1.29 is 32.3 Å². The lowest BCUT2D eigenvalue weighted by Gasteiger charge is -2.14. The van der Waals surface area contributed by atoms with E-state index in [0.29, 0.717) is 34.1 Å². The maximum Gasteiger partial charge on any atom is 0.418 e. The van der Waals surface area contributed by atoms with Crippen LogP contribution in [-0.2, 0) is 22.4 Å². The molecule has 5 rings (SSSR count). The highest BCUT2D eigenvalue weighted by molar-refractivity contribution is 8.00. The van der Waals surface area contributed by atoms with Crippen LogP contribution in [0.25, 0.3) is 6.08 Å². The van der Waals surface area contributed by atoms with Crippen molar-refractivity contribution in [1.82, 2.24) is 5.32 Å². The van der Waals surface area contributed by atoms with Crippen LogP contribution in [0, 0.1) is 0 Å². The highest BCUT2D eigenvalue weighted by atomic mass is 35.5. The van der Waals surface area contributed by atoms with E-state index in [1.165, 1.54) is 6.07 Å². The Morgan fingerprint density at radius 2 is 1.44 bits per heavy atom. The molecule has 0 saturated heterocycles. The number of anilines is 2. The van der Waals surface area contributed by atoms with E-state index < -0.39 is 29.5 Å². The lowest BCUT2D eigenvalue weighted by Crippen LogP contribution is -2.30. The normalized spacial score (nSPS) is 11.4. The van der Waals surface area contributed by atoms with Crippen LogP contribution in [0.15, 0.2) is 138 Å². The second-order valence-corrected chi connectivity index (χ2v) is 12.2. The summed E-state index contributed by atoms with van der Waals surface area (Å²) in [5, 5.41) is 7.65. The Hall–Kier alpha value is -5.52. The molecule has 0 fully saturated rings. The Balaban J connectivity index is 1.23. The molecule has 0 atom stereocenters. The quantitative estimate of drug-likeness (QED) is 0.0885. The number of carbonyl (C=O) groups excluding carboxylic acids is 3. The number of nitrogens with one attached hydrogen (secondary N) is 3. The Morgan fingerprint density at radius 1 is 0.780 bits per heavy atom. The summed E-state index contributed by atoms with van der Waals surface area (Å²) in [5.74, 6) is -1.22. The van der Waals surface area contributed by atoms with Gasteiger partial charge in [0.15, 0.2) is 0 Å². The summed E-state index contributed by atoms with van der Waals surface area (Å²) in [6.07, 6.45) is -3.15. The molecule has 7 nitrogen and oxygen atoms in total. The van der Waals surface area contributed by atoms with E-state index in [9.17, 15) is 27.6 Å². The minimum atomic E-state index is -4.69. The average molecular weight is 716 g/mol. The summed E-state index contributed by atoms with van der Waals surface area (Å²) in [6, 6.07) is 34.9. The molecular weight excluding hydrogens is 687 g/mol. The van der Waals surface area contributed by atoms with Crippen LogP contribution >= 0.6 is 23.4 Å². The van der Waals surface area contributed by atoms with Crippen molar-refractivity contribution in [1.29, 1.82) is 0 Å². The summed E-state index contributed by atoms with van der Waals surface area (Å²) in [7, 11) is 0. The molecular formula is C38H29ClF3N3O4S. The summed E-state index contributed by atoms with van der Waals surface area (Å²) in [5.41, 5.74) is 1.00. The van der Waals surface area contributed by atoms with E-state index in [-0.39, 0.29) is 22.2 Å². The van der Waals surface area contributed by atoms with Gasteiger partial charge in [0, 0.05) is 21.2 Å². The second-order valence-electron chi connectivity index (χ2n) is 10.7. The van der Waals surface area contributed by atoms with Crippen LogP contribution in [0.2, 0.25) is 5.02 Å². The molecule has 0 radical (unpaired) electrons. The van der Waals surface area contributed by atoms with Gasteiger partial charge in [0.25, 0.3) is 11.8 Å². The number of amides is 3. The number of hydrogen-bond acceptors (Lipinski definition) is 5. The third kappa shape index (κ3) is 10.5. The SMILES string of the molecule is O=C(CSc1ccc(NC(=O)/C(=C/c2ccc(OCc3ccccc3)cc2)NC(=O)c2ccccc2)cc1)Nc1ccc(Cl)cc1C(F)(F)F. The fourth-order valence-electron chi connectivity index (χ4n) is 4.54. The predicted octanol–water partition coefficient (Wildman–Crippen LogP) is 9.08. The minimum Gasteiger partial charge on any atom is -0.489 e. The van der Waals surface area contributed by atoms with Crippen molar-refractivity contribution >= 4 is 58.5 Å². The first-order valence-corrected chi connectivity index (χ1v) is 16.5. The van der Waals surface area contributed by atoms with Crippen molar-refractivity contribution in [3.8, 4) is 5.75 Å². The van der Waals surface area contributed by atoms with Gasteiger partial charge in [0.05, 0.1) is 17.0 Å². The van der Waals surface area contributed by atoms with E-state index in [0.717, 1.165) is 29.5 Å². The van der Waals surface area contributed by atoms with Crippen molar-refractivity contribution in [3.05, 3.63) is 160 Å². The number of alkyl halides is 3. The van der Waals surface area contributed by atoms with Crippen molar-refractivity contribution in [2.75, 3.05) is 16.4 Å². The molecule has 0 aliphatic carbocycles. The van der Waals surface area contributed by atoms with Gasteiger partial charge < -0.3 is 20.7 Å². The molecule has 12 heteroatoms. The van der Waals surface area contributed by atoms with Crippen LogP contribution in [0.4, 0.5) is 24.5 Å². The van der Waals surface area contributed by atoms with E-state index in [2.05, 4.69) is 16.0 Å². The molecule has 0 unspecified atom stereocenters. The van der Waals surface area contributed by atoms with Crippen LogP contribution in [0.1, 0.15) is 27.0 Å². The van der Waals surface area contributed by atoms with E-state index in [1.807, 2.05) is 30.3 Å². The van der Waals surface area contributed by atoms with Gasteiger partial charge in [-0.25, -0.2) is 0 Å². The van der Waals surface area contributed by atoms with Gasteiger partial charge in [-0.15, -0.1) is 11.8 Å². The molecule has 3 amide bonds. The number of thioether (sulfide) groups is 1. The lowest BCUT2D eigenvalue weighted by atomic mass is 10.1. The Kier molecular flexibility index (Phi) is 12.0. The highest BCUT2D eigenvalue weighted by Crippen LogP contribution is 2.36. The number of ether oxygens (including phenoxy) is 1. The highest BCUT2D eigenvalue weighted by Gasteiger charge is 2.34. The van der Waals surface area contributed by atoms with Crippen molar-refractivity contribution in [2.45, 2.75) is 17.7 Å². The summed E-state index contributed by atoms with van der Waals surface area (Å²) in [6.45, 7) is 0.396. The summed E-state index contributed by atoms with van der Waals surface area (Å²) in [4.78, 5) is 39.5. The van der Waals surface area contributed by atoms with Gasteiger partial charge in [0.1, 0.15) is 18.1 Å². The zero-order chi connectivity index (χ0) is 35.5. The standard InChI is InChI=1S/C38H29ClF3N3O4S/c39-28-13-20-33(32(22-28)38(40,41)42)44-35(46)24-50-31-18-14-29(15-19-31)43-37(48)34(45-36(47)27-9-5-2-6-10-27)21-25-11-16-30(17-12-25)49-23-26-7-3-1-4-8-26/h1-22H,23-24H2,(H,43,48)(H,44,46)(H,45,47)/b34-21-. The third-order valence-electron chi connectivity index (χ3n) is 7.01. The minimum absolute atomic E-state index is 0.00708. The smallest absolute Gasteiger partial charge is 0.418 e. The zero-order valence-corrected chi connectivity index (χ0v) is 27.7. The molecule has 0 aliphatic heterocycles. The molecule has 5 aromatic rings. The van der Waals surface area contributed by atoms with Crippen molar-refractivity contribution in [2.24, 2.45) is 0 Å². The number of halogens is 4. The maximum absolute atomic E-state index is 13.4. The molecule has 254 valence electrons. The van der Waals surface area contributed by atoms with Gasteiger partial charge in [-0.05, 0) is 83.9 Å². The predicted molar refractivity (Wildman–Crippen MR) is 190 cm³/mol. The van der Waals surface area contributed by atoms with Gasteiger partial charge >= 0.3 is 6.18 Å². The first kappa shape index (κ1) is 35.8. The molecule has 0 bridgehead atoms. The topological polar surface area (TPSA) is 96.5 Å². The summed E-state index contributed by atoms with van der Waals surface area (Å²) < 4.78 is 46.0. The van der Waals surface area contributed by atoms with Gasteiger partial charge in [0.2, 0.25) is 5.91 Å². The molecule has 0 heterocycles. The zero-order valence-electron chi connectivity index (χ0n) is 26.2. The Bertz CT molecular complexity index is 1970. The van der Waals surface area contributed by atoms with Crippen LogP contribution in [-0.4, -0.2) is 23.5 Å². The molecule has 0 aliphatic rings. The second kappa shape index (κ2) is 16.7. The first-order valence-electron chi connectivity index (χ1n) is 15.1. The molecule has 0 aromatic heterocycles. The molecule has 50 heavy (non-hydrogen) atoms. The van der Waals surface area contributed by atoms with Crippen LogP contribution in [0.5, 0.6) is 5.75 Å². The Morgan fingerprint density at radius 3 is 2.10 bits per heavy atom. The number of carbonyl (C=O) groups is 3. The fourth-order valence-corrected chi connectivity index (χ4v) is 5.41. The number of hydrogen-bond donors (Lipinski definition) is 3. The van der Waals surface area contributed by atoms with Gasteiger partial charge in [-0.1, -0.05) is 72.3 Å². The Labute approximate surface area is 295 Å². The average Bonchev–Trinajstić information content (AvgIpc) is 3.12. The summed E-state index contributed by atoms with van der Waals surface area (Å²) >= 11 is 6.81. The molecule has 3 N–H and O–H groups in total. The maximum atomic E-state index is 13.4. The van der Waals surface area contributed by atoms with E-state index in [4.69, 9.17) is 16.3 Å². The lowest BCUT2D eigenvalue weighted by molar-refractivity contribution is -0.137. The van der Waals surface area contributed by atoms with Crippen LogP contribution < -0.4 is 20.7 Å². The monoisotopic (exact) mass is 715 g/mol. The van der Waals surface area contributed by atoms with Crippen molar-refractivity contribution in [3.63, 3.8) is 0 Å².